The fourth-order valence-corrected chi connectivity index (χ4v) is 2.11. The van der Waals surface area contributed by atoms with Crippen molar-refractivity contribution in [1.82, 2.24) is 0 Å². The van der Waals surface area contributed by atoms with Gasteiger partial charge in [-0.05, 0) is 30.7 Å². The molecule has 0 bridgehead atoms. The van der Waals surface area contributed by atoms with E-state index in [0.717, 1.165) is 6.26 Å². The first-order chi connectivity index (χ1) is 9.19. The first-order valence-electron chi connectivity index (χ1n) is 5.83. The molecule has 2 amide bonds. The lowest BCUT2D eigenvalue weighted by molar-refractivity contribution is -0.117. The number of carbonyl (C=O) groups is 2. The average Bonchev–Trinajstić information content (AvgIpc) is 2.35. The highest BCUT2D eigenvalue weighted by molar-refractivity contribution is 7.90. The van der Waals surface area contributed by atoms with Gasteiger partial charge in [-0.3, -0.25) is 9.59 Å². The average molecular weight is 299 g/mol. The predicted molar refractivity (Wildman–Crippen MR) is 75.9 cm³/mol. The monoisotopic (exact) mass is 299 g/mol. The molecular formula is C12H17N3O4S. The van der Waals surface area contributed by atoms with Crippen LogP contribution in [0, 0.1) is 0 Å². The van der Waals surface area contributed by atoms with Crippen molar-refractivity contribution >= 4 is 27.3 Å². The van der Waals surface area contributed by atoms with E-state index in [1.807, 2.05) is 0 Å². The van der Waals surface area contributed by atoms with Crippen LogP contribution in [0.1, 0.15) is 16.8 Å². The summed E-state index contributed by atoms with van der Waals surface area (Å²) >= 11 is 0. The summed E-state index contributed by atoms with van der Waals surface area (Å²) in [5.74, 6) is -1.20. The van der Waals surface area contributed by atoms with Crippen LogP contribution in [0.15, 0.2) is 24.3 Å². The van der Waals surface area contributed by atoms with Crippen molar-refractivity contribution in [1.29, 1.82) is 0 Å². The summed E-state index contributed by atoms with van der Waals surface area (Å²) in [7, 11) is -3.15. The second-order valence-electron chi connectivity index (χ2n) is 4.46. The number of nitrogens with one attached hydrogen (secondary N) is 1. The predicted octanol–water partition coefficient (Wildman–Crippen LogP) is -0.514. The Morgan fingerprint density at radius 1 is 1.25 bits per heavy atom. The van der Waals surface area contributed by atoms with Crippen molar-refractivity contribution in [3.05, 3.63) is 29.8 Å². The number of carbonyl (C=O) groups excluding carboxylic acids is 2. The van der Waals surface area contributed by atoms with E-state index in [4.69, 9.17) is 11.5 Å². The molecule has 1 aromatic carbocycles. The summed E-state index contributed by atoms with van der Waals surface area (Å²) < 4.78 is 22.0. The molecule has 7 nitrogen and oxygen atoms in total. The van der Waals surface area contributed by atoms with Crippen LogP contribution in [0.4, 0.5) is 5.69 Å². The number of hydrogen-bond acceptors (Lipinski definition) is 5. The molecule has 20 heavy (non-hydrogen) atoms. The third-order valence-corrected chi connectivity index (χ3v) is 3.55. The van der Waals surface area contributed by atoms with Gasteiger partial charge in [0.05, 0.1) is 11.8 Å². The largest absolute Gasteiger partial charge is 0.366 e. The number of amides is 2. The van der Waals surface area contributed by atoms with Crippen LogP contribution in [0.25, 0.3) is 0 Å². The molecule has 0 aliphatic heterocycles. The molecule has 0 radical (unpaired) electrons. The first-order valence-corrected chi connectivity index (χ1v) is 7.89. The standard InChI is InChI=1S/C12H17N3O4S/c1-20(18,19)7-6-10(13)12(17)15-9-4-2-8(3-5-9)11(14)16/h2-5,10H,6-7,13H2,1H3,(H2,14,16)(H,15,17). The molecule has 0 heterocycles. The van der Waals surface area contributed by atoms with Crippen LogP contribution >= 0.6 is 0 Å². The normalized spacial score (nSPS) is 12.7. The van der Waals surface area contributed by atoms with Crippen molar-refractivity contribution < 1.29 is 18.0 Å². The van der Waals surface area contributed by atoms with Gasteiger partial charge < -0.3 is 16.8 Å². The second kappa shape index (κ2) is 6.49. The van der Waals surface area contributed by atoms with E-state index >= 15 is 0 Å². The van der Waals surface area contributed by atoms with Gasteiger partial charge in [-0.25, -0.2) is 8.42 Å². The molecule has 1 aromatic rings. The first kappa shape index (κ1) is 16.1. The Labute approximate surface area is 117 Å². The molecule has 0 spiro atoms. The van der Waals surface area contributed by atoms with Crippen molar-refractivity contribution in [2.45, 2.75) is 12.5 Å². The van der Waals surface area contributed by atoms with Crippen molar-refractivity contribution in [2.75, 3.05) is 17.3 Å². The minimum atomic E-state index is -3.15. The van der Waals surface area contributed by atoms with E-state index in [1.165, 1.54) is 24.3 Å². The number of benzene rings is 1. The number of sulfone groups is 1. The molecule has 0 aliphatic rings. The van der Waals surface area contributed by atoms with E-state index in [9.17, 15) is 18.0 Å². The maximum atomic E-state index is 11.7. The number of primary amides is 1. The Hall–Kier alpha value is -1.93. The van der Waals surface area contributed by atoms with Crippen LogP contribution in [0.5, 0.6) is 0 Å². The van der Waals surface area contributed by atoms with Gasteiger partial charge >= 0.3 is 0 Å². The van der Waals surface area contributed by atoms with E-state index in [2.05, 4.69) is 5.32 Å². The fraction of sp³-hybridized carbons (Fsp3) is 0.333. The Morgan fingerprint density at radius 3 is 2.25 bits per heavy atom. The smallest absolute Gasteiger partial charge is 0.248 e. The summed E-state index contributed by atoms with van der Waals surface area (Å²) in [6, 6.07) is 5.06. The fourth-order valence-electron chi connectivity index (χ4n) is 1.42. The number of hydrogen-bond donors (Lipinski definition) is 3. The van der Waals surface area contributed by atoms with E-state index in [1.54, 1.807) is 0 Å². The molecule has 1 rings (SSSR count). The minimum absolute atomic E-state index is 0.0457. The Morgan fingerprint density at radius 2 is 1.80 bits per heavy atom. The van der Waals surface area contributed by atoms with E-state index < -0.39 is 27.7 Å². The third kappa shape index (κ3) is 5.37. The van der Waals surface area contributed by atoms with Gasteiger partial charge in [-0.1, -0.05) is 0 Å². The molecule has 0 aromatic heterocycles. The second-order valence-corrected chi connectivity index (χ2v) is 6.72. The van der Waals surface area contributed by atoms with Crippen LogP contribution in [0.2, 0.25) is 0 Å². The lowest BCUT2D eigenvalue weighted by Gasteiger charge is -2.11. The van der Waals surface area contributed by atoms with Gasteiger partial charge in [0.25, 0.3) is 0 Å². The molecule has 0 aliphatic carbocycles. The number of anilines is 1. The number of rotatable bonds is 6. The molecule has 1 atom stereocenters. The summed E-state index contributed by atoms with van der Waals surface area (Å²) in [6.45, 7) is 0. The van der Waals surface area contributed by atoms with E-state index in [-0.39, 0.29) is 12.2 Å². The van der Waals surface area contributed by atoms with Gasteiger partial charge in [0.2, 0.25) is 11.8 Å². The van der Waals surface area contributed by atoms with Gasteiger partial charge in [0, 0.05) is 17.5 Å². The Balaban J connectivity index is 2.59. The van der Waals surface area contributed by atoms with Crippen LogP contribution in [-0.2, 0) is 14.6 Å². The zero-order valence-electron chi connectivity index (χ0n) is 11.0. The Kier molecular flexibility index (Phi) is 5.23. The Bertz CT molecular complexity index is 596. The molecule has 1 unspecified atom stereocenters. The maximum Gasteiger partial charge on any atom is 0.248 e. The topological polar surface area (TPSA) is 132 Å². The van der Waals surface area contributed by atoms with Gasteiger partial charge in [0.1, 0.15) is 9.84 Å². The van der Waals surface area contributed by atoms with Crippen molar-refractivity contribution in [2.24, 2.45) is 11.5 Å². The third-order valence-electron chi connectivity index (χ3n) is 2.57. The molecule has 0 fully saturated rings. The molecule has 5 N–H and O–H groups in total. The summed E-state index contributed by atoms with van der Waals surface area (Å²) in [4.78, 5) is 22.6. The van der Waals surface area contributed by atoms with Crippen LogP contribution < -0.4 is 16.8 Å². The molecule has 0 saturated carbocycles. The van der Waals surface area contributed by atoms with Crippen molar-refractivity contribution in [3.8, 4) is 0 Å². The van der Waals surface area contributed by atoms with E-state index in [0.29, 0.717) is 11.3 Å². The van der Waals surface area contributed by atoms with Crippen LogP contribution in [0.3, 0.4) is 0 Å². The molecule has 110 valence electrons. The molecular weight excluding hydrogens is 282 g/mol. The SMILES string of the molecule is CS(=O)(=O)CCC(N)C(=O)Nc1ccc(C(N)=O)cc1. The number of nitrogens with two attached hydrogens (primary N) is 2. The highest BCUT2D eigenvalue weighted by atomic mass is 32.2. The van der Waals surface area contributed by atoms with Gasteiger partial charge in [-0.2, -0.15) is 0 Å². The highest BCUT2D eigenvalue weighted by Crippen LogP contribution is 2.10. The quantitative estimate of drug-likeness (QED) is 0.650. The lowest BCUT2D eigenvalue weighted by Crippen LogP contribution is -2.37. The van der Waals surface area contributed by atoms with Crippen molar-refractivity contribution in [3.63, 3.8) is 0 Å². The molecule has 0 saturated heterocycles. The maximum absolute atomic E-state index is 11.7. The van der Waals surface area contributed by atoms with Gasteiger partial charge in [0.15, 0.2) is 0 Å². The summed E-state index contributed by atoms with van der Waals surface area (Å²) in [6.07, 6.45) is 1.13. The zero-order valence-corrected chi connectivity index (χ0v) is 11.8. The lowest BCUT2D eigenvalue weighted by atomic mass is 10.2. The highest BCUT2D eigenvalue weighted by Gasteiger charge is 2.16. The van der Waals surface area contributed by atoms with Crippen LogP contribution in [-0.4, -0.2) is 38.3 Å². The zero-order chi connectivity index (χ0) is 15.3. The molecule has 8 heteroatoms. The van der Waals surface area contributed by atoms with Gasteiger partial charge in [-0.15, -0.1) is 0 Å². The summed E-state index contributed by atoms with van der Waals surface area (Å²) in [5.41, 5.74) is 11.5. The summed E-state index contributed by atoms with van der Waals surface area (Å²) in [5, 5.41) is 2.53. The minimum Gasteiger partial charge on any atom is -0.366 e.